The number of ether oxygens (including phenoxy) is 2. The lowest BCUT2D eigenvalue weighted by Gasteiger charge is -2.31. The number of aliphatic hydroxyl groups excluding tert-OH is 1. The summed E-state index contributed by atoms with van der Waals surface area (Å²) in [7, 11) is 0. The van der Waals surface area contributed by atoms with Gasteiger partial charge in [0.25, 0.3) is 5.56 Å². The number of benzene rings is 1. The summed E-state index contributed by atoms with van der Waals surface area (Å²) < 4.78 is 24.0. The maximum Gasteiger partial charge on any atom is 0.330 e. The number of terminal acetylenes is 1. The fraction of sp³-hybridized carbons (Fsp3) is 0.480. The first-order valence-corrected chi connectivity index (χ1v) is 14.8. The lowest BCUT2D eigenvalue weighted by Crippen LogP contribution is -2.48. The lowest BCUT2D eigenvalue weighted by atomic mass is 9.95. The van der Waals surface area contributed by atoms with Crippen molar-refractivity contribution in [1.82, 2.24) is 14.6 Å². The van der Waals surface area contributed by atoms with E-state index in [4.69, 9.17) is 36.8 Å². The summed E-state index contributed by atoms with van der Waals surface area (Å²) in [6.45, 7) is 3.05. The number of rotatable bonds is 11. The van der Waals surface area contributed by atoms with Gasteiger partial charge in [-0.15, -0.1) is 6.42 Å². The molecule has 0 bridgehead atoms. The second-order valence-corrected chi connectivity index (χ2v) is 12.6. The zero-order valence-corrected chi connectivity index (χ0v) is 23.6. The quantitative estimate of drug-likeness (QED) is 0.171. The van der Waals surface area contributed by atoms with E-state index in [1.165, 1.54) is 0 Å². The van der Waals surface area contributed by atoms with Crippen molar-refractivity contribution in [2.75, 3.05) is 6.61 Å². The molecule has 1 aliphatic rings. The van der Waals surface area contributed by atoms with Crippen LogP contribution in [0.2, 0.25) is 0 Å². The van der Waals surface area contributed by atoms with Gasteiger partial charge < -0.3 is 28.7 Å². The molecule has 212 valence electrons. The summed E-state index contributed by atoms with van der Waals surface area (Å²) in [4.78, 5) is 38.7. The Morgan fingerprint density at radius 2 is 1.95 bits per heavy atom. The van der Waals surface area contributed by atoms with Crippen molar-refractivity contribution in [2.24, 2.45) is 5.92 Å². The Morgan fingerprint density at radius 3 is 2.51 bits per heavy atom. The number of para-hydroxylation sites is 1. The minimum absolute atomic E-state index is 0.266. The molecule has 1 aliphatic heterocycles. The van der Waals surface area contributed by atoms with Crippen LogP contribution in [0.15, 0.2) is 52.2 Å². The molecule has 4 N–H and O–H groups in total. The summed E-state index contributed by atoms with van der Waals surface area (Å²) in [6, 6.07) is 8.68. The number of H-pyrrole nitrogens is 1. The Morgan fingerprint density at radius 1 is 1.28 bits per heavy atom. The van der Waals surface area contributed by atoms with Crippen LogP contribution in [0.5, 0.6) is 5.75 Å². The standard InChI is InChI=1S/C25H32N3O9PS/c1-6-25(33)21(30)18(36-23(25)28-13-12-19(29)26-24(28)32)14-34-38(39,37-17-10-8-7-9-11-17)27-20(15(2)3)22(31)35-16(4)5/h1,7-13,15-16,18,20-21,23,30,33H,14H2,2-5H3,(H,27,39)(H,26,29,32)/t18-,20+,21-,23-,25-,38?/m1/s1. The normalized spacial score (nSPS) is 25.2. The van der Waals surface area contributed by atoms with E-state index in [1.807, 2.05) is 4.98 Å². The molecule has 6 atom stereocenters. The van der Waals surface area contributed by atoms with E-state index in [0.717, 1.165) is 16.8 Å². The van der Waals surface area contributed by atoms with Crippen molar-refractivity contribution in [2.45, 2.75) is 63.9 Å². The molecule has 1 aromatic carbocycles. The van der Waals surface area contributed by atoms with Gasteiger partial charge in [-0.3, -0.25) is 19.1 Å². The van der Waals surface area contributed by atoms with Crippen molar-refractivity contribution < 1.29 is 33.5 Å². The molecule has 1 aromatic heterocycles. The lowest BCUT2D eigenvalue weighted by molar-refractivity contribution is -0.150. The van der Waals surface area contributed by atoms with Crippen LogP contribution in [-0.4, -0.2) is 62.3 Å². The van der Waals surface area contributed by atoms with E-state index in [-0.39, 0.29) is 12.0 Å². The zero-order chi connectivity index (χ0) is 29.0. The summed E-state index contributed by atoms with van der Waals surface area (Å²) >= 11 is 5.74. The minimum Gasteiger partial charge on any atom is -0.462 e. The minimum atomic E-state index is -3.54. The first-order chi connectivity index (χ1) is 18.3. The maximum absolute atomic E-state index is 12.8. The predicted molar refractivity (Wildman–Crippen MR) is 145 cm³/mol. The number of esters is 1. The maximum atomic E-state index is 12.8. The molecule has 1 unspecified atom stereocenters. The zero-order valence-electron chi connectivity index (χ0n) is 21.8. The van der Waals surface area contributed by atoms with Crippen LogP contribution in [0.3, 0.4) is 0 Å². The molecule has 0 amide bonds. The Bertz CT molecular complexity index is 1360. The number of hydrogen-bond acceptors (Lipinski definition) is 10. The molecule has 1 fully saturated rings. The first kappa shape index (κ1) is 30.7. The number of nitrogens with one attached hydrogen (secondary N) is 2. The number of carbonyl (C=O) groups is 1. The van der Waals surface area contributed by atoms with Crippen LogP contribution in [0, 0.1) is 18.3 Å². The molecule has 39 heavy (non-hydrogen) atoms. The van der Waals surface area contributed by atoms with E-state index >= 15 is 0 Å². The highest BCUT2D eigenvalue weighted by Gasteiger charge is 2.56. The topological polar surface area (TPSA) is 161 Å². The summed E-state index contributed by atoms with van der Waals surface area (Å²) in [5.74, 6) is 1.62. The van der Waals surface area contributed by atoms with Gasteiger partial charge in [-0.25, -0.2) is 9.88 Å². The van der Waals surface area contributed by atoms with Crippen LogP contribution in [-0.2, 0) is 30.6 Å². The molecule has 12 nitrogen and oxygen atoms in total. The average Bonchev–Trinajstić information content (AvgIpc) is 3.12. The van der Waals surface area contributed by atoms with Crippen LogP contribution < -0.4 is 20.9 Å². The highest BCUT2D eigenvalue weighted by molar-refractivity contribution is 8.09. The predicted octanol–water partition coefficient (Wildman–Crippen LogP) is 1.05. The van der Waals surface area contributed by atoms with Crippen molar-refractivity contribution >= 4 is 24.4 Å². The third-order valence-electron chi connectivity index (χ3n) is 5.77. The Labute approximate surface area is 230 Å². The number of aromatic nitrogens is 2. The van der Waals surface area contributed by atoms with E-state index in [0.29, 0.717) is 5.75 Å². The summed E-state index contributed by atoms with van der Waals surface area (Å²) in [5.41, 5.74) is -3.93. The molecule has 0 radical (unpaired) electrons. The molecule has 3 rings (SSSR count). The summed E-state index contributed by atoms with van der Waals surface area (Å²) in [6.07, 6.45) is 1.67. The molecule has 14 heteroatoms. The Kier molecular flexibility index (Phi) is 9.90. The second kappa shape index (κ2) is 12.6. The van der Waals surface area contributed by atoms with Crippen LogP contribution in [0.1, 0.15) is 33.9 Å². The van der Waals surface area contributed by atoms with Gasteiger partial charge in [-0.1, -0.05) is 38.0 Å². The summed E-state index contributed by atoms with van der Waals surface area (Å²) in [5, 5.41) is 24.9. The van der Waals surface area contributed by atoms with Crippen molar-refractivity contribution in [3.8, 4) is 18.1 Å². The van der Waals surface area contributed by atoms with Gasteiger partial charge in [0.15, 0.2) is 11.8 Å². The molecule has 0 saturated carbocycles. The number of hydrogen-bond donors (Lipinski definition) is 4. The van der Waals surface area contributed by atoms with E-state index in [9.17, 15) is 24.6 Å². The largest absolute Gasteiger partial charge is 0.462 e. The highest BCUT2D eigenvalue weighted by atomic mass is 32.5. The Balaban J connectivity index is 1.89. The van der Waals surface area contributed by atoms with Crippen molar-refractivity contribution in [1.29, 1.82) is 0 Å². The number of nitrogens with zero attached hydrogens (tertiary/aromatic N) is 1. The van der Waals surface area contributed by atoms with Crippen molar-refractivity contribution in [3.05, 3.63) is 63.4 Å². The monoisotopic (exact) mass is 581 g/mol. The van der Waals surface area contributed by atoms with E-state index in [2.05, 4.69) is 11.0 Å². The van der Waals surface area contributed by atoms with Gasteiger partial charge in [0.2, 0.25) is 0 Å². The fourth-order valence-electron chi connectivity index (χ4n) is 3.78. The number of aromatic amines is 1. The van der Waals surface area contributed by atoms with Gasteiger partial charge in [0.05, 0.1) is 12.7 Å². The molecule has 1 saturated heterocycles. The SMILES string of the molecule is C#C[C@@]1(O)[C@H](O)[C@@H](COP(=S)(N[C@H](C(=O)OC(C)C)C(C)C)Oc2ccccc2)O[C@H]1n1ccc(=O)[nH]c1=O. The van der Waals surface area contributed by atoms with Crippen molar-refractivity contribution in [3.63, 3.8) is 0 Å². The van der Waals surface area contributed by atoms with E-state index < -0.39 is 60.5 Å². The van der Waals surface area contributed by atoms with Gasteiger partial charge in [-0.05, 0) is 43.7 Å². The molecule has 0 aliphatic carbocycles. The van der Waals surface area contributed by atoms with E-state index in [1.54, 1.807) is 58.0 Å². The van der Waals surface area contributed by atoms with Crippen LogP contribution in [0.25, 0.3) is 0 Å². The van der Waals surface area contributed by atoms with Gasteiger partial charge >= 0.3 is 18.3 Å². The molecule has 2 aromatic rings. The van der Waals surface area contributed by atoms with Crippen LogP contribution in [0.4, 0.5) is 0 Å². The smallest absolute Gasteiger partial charge is 0.330 e. The molecular formula is C25H32N3O9PS. The molecular weight excluding hydrogens is 549 g/mol. The third-order valence-corrected chi connectivity index (χ3v) is 8.16. The number of carbonyl (C=O) groups excluding carboxylic acids is 1. The Hall–Kier alpha value is -2.82. The fourth-order valence-corrected chi connectivity index (χ4v) is 6.23. The molecule has 0 spiro atoms. The van der Waals surface area contributed by atoms with Gasteiger partial charge in [0.1, 0.15) is 24.0 Å². The molecule has 2 heterocycles. The second-order valence-electron chi connectivity index (χ2n) is 9.49. The average molecular weight is 582 g/mol. The third kappa shape index (κ3) is 7.23. The van der Waals surface area contributed by atoms with Crippen LogP contribution >= 0.6 is 6.64 Å². The number of aliphatic hydroxyl groups is 2. The first-order valence-electron chi connectivity index (χ1n) is 12.1. The van der Waals surface area contributed by atoms with Gasteiger partial charge in [0, 0.05) is 12.3 Å². The van der Waals surface area contributed by atoms with Gasteiger partial charge in [-0.2, -0.15) is 0 Å². The highest BCUT2D eigenvalue weighted by Crippen LogP contribution is 2.47.